The van der Waals surface area contributed by atoms with Crippen LogP contribution in [0.4, 0.5) is 10.8 Å². The molecule has 1 atom stereocenters. The molecule has 2 aromatic heterocycles. The normalized spacial score (nSPS) is 17.2. The lowest BCUT2D eigenvalue weighted by Crippen LogP contribution is -2.33. The minimum absolute atomic E-state index is 0.0407. The molecule has 3 heterocycles. The first-order valence-electron chi connectivity index (χ1n) is 8.28. The van der Waals surface area contributed by atoms with E-state index in [-0.39, 0.29) is 11.5 Å². The van der Waals surface area contributed by atoms with Gasteiger partial charge in [0, 0.05) is 29.0 Å². The largest absolute Gasteiger partial charge is 0.348 e. The smallest absolute Gasteiger partial charge is 0.275 e. The van der Waals surface area contributed by atoms with Gasteiger partial charge in [0.1, 0.15) is 6.04 Å². The zero-order valence-corrected chi connectivity index (χ0v) is 15.5. The number of nitrogens with zero attached hydrogens (tertiary/aromatic N) is 4. The van der Waals surface area contributed by atoms with Crippen molar-refractivity contribution in [3.63, 3.8) is 0 Å². The van der Waals surface area contributed by atoms with Crippen molar-refractivity contribution in [3.05, 3.63) is 51.4 Å². The van der Waals surface area contributed by atoms with Gasteiger partial charge in [0.25, 0.3) is 5.56 Å². The Balaban J connectivity index is 1.56. The topological polar surface area (TPSA) is 79.6 Å². The van der Waals surface area contributed by atoms with E-state index in [0.29, 0.717) is 34.5 Å². The predicted octanol–water partition coefficient (Wildman–Crippen LogP) is 2.58. The number of anilines is 2. The van der Waals surface area contributed by atoms with Crippen molar-refractivity contribution in [2.75, 3.05) is 16.8 Å². The molecule has 0 spiro atoms. The summed E-state index contributed by atoms with van der Waals surface area (Å²) < 4.78 is 1.26. The first-order chi connectivity index (χ1) is 12.5. The van der Waals surface area contributed by atoms with Gasteiger partial charge in [-0.1, -0.05) is 35.9 Å². The van der Waals surface area contributed by atoms with Crippen LogP contribution in [0.1, 0.15) is 19.0 Å². The van der Waals surface area contributed by atoms with Crippen LogP contribution in [-0.2, 0) is 11.2 Å². The summed E-state index contributed by atoms with van der Waals surface area (Å²) in [5, 5.41) is 8.50. The van der Waals surface area contributed by atoms with Crippen LogP contribution in [0.25, 0.3) is 4.96 Å². The number of aryl methyl sites for hydroxylation is 1. The number of hydrogen-bond acceptors (Lipinski definition) is 6. The maximum absolute atomic E-state index is 12.7. The van der Waals surface area contributed by atoms with Crippen molar-refractivity contribution < 1.29 is 4.79 Å². The Hall–Kier alpha value is -2.45. The molecule has 3 aromatic rings. The molecule has 26 heavy (non-hydrogen) atoms. The fraction of sp³-hybridized carbons (Fsp3) is 0.294. The third-order valence-electron chi connectivity index (χ3n) is 4.28. The SMILES string of the molecule is CCc1cc(=O)n2nc(NC3CCN(c4cccc(Cl)c4)C3=O)sc2n1. The Morgan fingerprint density at radius 2 is 2.19 bits per heavy atom. The molecule has 1 amide bonds. The van der Waals surface area contributed by atoms with Crippen LogP contribution in [-0.4, -0.2) is 33.1 Å². The van der Waals surface area contributed by atoms with Crippen molar-refractivity contribution in [2.45, 2.75) is 25.8 Å². The summed E-state index contributed by atoms with van der Waals surface area (Å²) in [5.41, 5.74) is 1.30. The summed E-state index contributed by atoms with van der Waals surface area (Å²) in [7, 11) is 0. The molecule has 1 aliphatic rings. The maximum atomic E-state index is 12.7. The molecular weight excluding hydrogens is 374 g/mol. The number of aromatic nitrogens is 3. The summed E-state index contributed by atoms with van der Waals surface area (Å²) in [6.45, 7) is 2.54. The highest BCUT2D eigenvalue weighted by molar-refractivity contribution is 7.20. The number of fused-ring (bicyclic) bond motifs is 1. The molecule has 1 N–H and O–H groups in total. The van der Waals surface area contributed by atoms with Crippen molar-refractivity contribution in [2.24, 2.45) is 0 Å². The van der Waals surface area contributed by atoms with E-state index in [2.05, 4.69) is 15.4 Å². The van der Waals surface area contributed by atoms with E-state index in [1.165, 1.54) is 21.9 Å². The zero-order chi connectivity index (χ0) is 18.3. The highest BCUT2D eigenvalue weighted by Crippen LogP contribution is 2.27. The molecule has 9 heteroatoms. The number of rotatable bonds is 4. The molecule has 1 aliphatic heterocycles. The first kappa shape index (κ1) is 17.0. The van der Waals surface area contributed by atoms with Crippen LogP contribution in [0.3, 0.4) is 0 Å². The van der Waals surface area contributed by atoms with Gasteiger partial charge in [-0.3, -0.25) is 9.59 Å². The zero-order valence-electron chi connectivity index (χ0n) is 14.0. The average molecular weight is 390 g/mol. The van der Waals surface area contributed by atoms with Crippen molar-refractivity contribution in [3.8, 4) is 0 Å². The molecule has 0 radical (unpaired) electrons. The summed E-state index contributed by atoms with van der Waals surface area (Å²) >= 11 is 7.29. The summed E-state index contributed by atoms with van der Waals surface area (Å²) in [4.78, 5) is 31.4. The maximum Gasteiger partial charge on any atom is 0.275 e. The number of amides is 1. The van der Waals surface area contributed by atoms with Crippen LogP contribution in [0.2, 0.25) is 5.02 Å². The number of halogens is 1. The Labute approximate surface area is 158 Å². The Morgan fingerprint density at radius 3 is 2.96 bits per heavy atom. The molecular formula is C17H16ClN5O2S. The van der Waals surface area contributed by atoms with E-state index in [4.69, 9.17) is 11.6 Å². The van der Waals surface area contributed by atoms with Crippen LogP contribution in [0.5, 0.6) is 0 Å². The van der Waals surface area contributed by atoms with Gasteiger partial charge in [-0.15, -0.1) is 5.10 Å². The lowest BCUT2D eigenvalue weighted by molar-refractivity contribution is -0.117. The van der Waals surface area contributed by atoms with E-state index in [0.717, 1.165) is 11.4 Å². The van der Waals surface area contributed by atoms with Gasteiger partial charge in [-0.05, 0) is 31.0 Å². The summed E-state index contributed by atoms with van der Waals surface area (Å²) in [6, 6.07) is 8.32. The van der Waals surface area contributed by atoms with Crippen molar-refractivity contribution >= 4 is 44.6 Å². The quantitative estimate of drug-likeness (QED) is 0.741. The van der Waals surface area contributed by atoms with Crippen LogP contribution in [0, 0.1) is 0 Å². The molecule has 1 unspecified atom stereocenters. The molecule has 1 fully saturated rings. The number of carbonyl (C=O) groups excluding carboxylic acids is 1. The van der Waals surface area contributed by atoms with Crippen LogP contribution >= 0.6 is 22.9 Å². The van der Waals surface area contributed by atoms with Gasteiger partial charge in [0.15, 0.2) is 0 Å². The minimum atomic E-state index is -0.393. The third kappa shape index (κ3) is 3.06. The first-order valence-corrected chi connectivity index (χ1v) is 9.48. The summed E-state index contributed by atoms with van der Waals surface area (Å²) in [5.74, 6) is -0.0407. The van der Waals surface area contributed by atoms with Gasteiger partial charge in [0.05, 0.1) is 0 Å². The van der Waals surface area contributed by atoms with Crippen LogP contribution < -0.4 is 15.8 Å². The lowest BCUT2D eigenvalue weighted by atomic mass is 10.2. The molecule has 4 rings (SSSR count). The lowest BCUT2D eigenvalue weighted by Gasteiger charge is -2.17. The molecule has 0 saturated carbocycles. The Kier molecular flexibility index (Phi) is 4.37. The number of carbonyl (C=O) groups is 1. The second kappa shape index (κ2) is 6.69. The second-order valence-corrected chi connectivity index (χ2v) is 7.39. The molecule has 1 saturated heterocycles. The van der Waals surface area contributed by atoms with E-state index in [9.17, 15) is 9.59 Å². The number of benzene rings is 1. The van der Waals surface area contributed by atoms with E-state index in [1.807, 2.05) is 19.1 Å². The fourth-order valence-electron chi connectivity index (χ4n) is 2.96. The van der Waals surface area contributed by atoms with Gasteiger partial charge in [-0.25, -0.2) is 4.98 Å². The molecule has 1 aromatic carbocycles. The fourth-order valence-corrected chi connectivity index (χ4v) is 4.02. The number of nitrogens with one attached hydrogen (secondary N) is 1. The highest BCUT2D eigenvalue weighted by Gasteiger charge is 2.33. The highest BCUT2D eigenvalue weighted by atomic mass is 35.5. The van der Waals surface area contributed by atoms with Crippen molar-refractivity contribution in [1.82, 2.24) is 14.6 Å². The monoisotopic (exact) mass is 389 g/mol. The van der Waals surface area contributed by atoms with E-state index >= 15 is 0 Å². The van der Waals surface area contributed by atoms with E-state index in [1.54, 1.807) is 17.0 Å². The minimum Gasteiger partial charge on any atom is -0.348 e. The molecule has 0 aliphatic carbocycles. The summed E-state index contributed by atoms with van der Waals surface area (Å²) in [6.07, 6.45) is 1.33. The molecule has 7 nitrogen and oxygen atoms in total. The standard InChI is InChI=1S/C17H16ClN5O2S/c1-2-11-9-14(24)23-17(19-11)26-16(21-23)20-13-6-7-22(15(13)25)12-5-3-4-10(18)8-12/h3-5,8-9,13H,2,6-7H2,1H3,(H,20,21). The van der Waals surface area contributed by atoms with Gasteiger partial charge >= 0.3 is 0 Å². The Bertz CT molecular complexity index is 1050. The predicted molar refractivity (Wildman–Crippen MR) is 102 cm³/mol. The van der Waals surface area contributed by atoms with Crippen LogP contribution in [0.15, 0.2) is 35.1 Å². The number of hydrogen-bond donors (Lipinski definition) is 1. The molecule has 0 bridgehead atoms. The molecule has 134 valence electrons. The van der Waals surface area contributed by atoms with Gasteiger partial charge < -0.3 is 10.2 Å². The van der Waals surface area contributed by atoms with Gasteiger partial charge in [-0.2, -0.15) is 4.52 Å². The third-order valence-corrected chi connectivity index (χ3v) is 5.36. The average Bonchev–Trinajstić information content (AvgIpc) is 3.19. The van der Waals surface area contributed by atoms with Crippen molar-refractivity contribution in [1.29, 1.82) is 0 Å². The Morgan fingerprint density at radius 1 is 1.35 bits per heavy atom. The second-order valence-electron chi connectivity index (χ2n) is 6.00. The van der Waals surface area contributed by atoms with Gasteiger partial charge in [0.2, 0.25) is 16.0 Å². The van der Waals surface area contributed by atoms with E-state index < -0.39 is 6.04 Å².